The van der Waals surface area contributed by atoms with E-state index in [-0.39, 0.29) is 10.4 Å². The number of aryl methyl sites for hydroxylation is 2. The molecule has 0 aliphatic rings. The molecule has 1 atom stereocenters. The molecule has 1 aromatic heterocycles. The van der Waals surface area contributed by atoms with Crippen LogP contribution in [0, 0.1) is 13.8 Å². The Morgan fingerprint density at radius 3 is 2.47 bits per heavy atom. The summed E-state index contributed by atoms with van der Waals surface area (Å²) in [6.45, 7) is 4.50. The van der Waals surface area contributed by atoms with Crippen molar-refractivity contribution in [2.24, 2.45) is 0 Å². The summed E-state index contributed by atoms with van der Waals surface area (Å²) in [7, 11) is -4.05. The Morgan fingerprint density at radius 2 is 1.77 bits per heavy atom. The molecule has 0 saturated carbocycles. The van der Waals surface area contributed by atoms with Crippen LogP contribution in [0.4, 0.5) is 5.69 Å². The number of para-hydroxylation sites is 1. The Labute approximate surface area is 177 Å². The number of rotatable bonds is 7. The smallest absolute Gasteiger partial charge is 0.324 e. The second-order valence-electron chi connectivity index (χ2n) is 6.65. The first-order chi connectivity index (χ1) is 14.2. The molecule has 0 radical (unpaired) electrons. The number of ether oxygens (including phenoxy) is 1. The van der Waals surface area contributed by atoms with Crippen LogP contribution in [0.5, 0.6) is 0 Å². The maximum absolute atomic E-state index is 12.7. The third-order valence-corrected chi connectivity index (χ3v) is 6.43. The minimum absolute atomic E-state index is 0.0822. The monoisotopic (exact) mass is 448 g/mol. The van der Waals surface area contributed by atoms with Crippen molar-refractivity contribution in [3.05, 3.63) is 47.5 Å². The minimum atomic E-state index is -4.05. The van der Waals surface area contributed by atoms with E-state index in [4.69, 9.17) is 4.74 Å². The van der Waals surface area contributed by atoms with Crippen molar-refractivity contribution in [2.75, 3.05) is 11.9 Å². The minimum Gasteiger partial charge on any atom is -0.454 e. The number of esters is 1. The number of amides is 1. The lowest BCUT2D eigenvalue weighted by molar-refractivity contribution is -0.148. The van der Waals surface area contributed by atoms with Gasteiger partial charge in [-0.05, 0) is 44.0 Å². The fourth-order valence-electron chi connectivity index (χ4n) is 2.79. The van der Waals surface area contributed by atoms with Gasteiger partial charge in [-0.2, -0.15) is 13.5 Å². The highest BCUT2D eigenvalue weighted by atomic mass is 32.2. The number of sulfonamides is 1. The standard InChI is InChI=1S/C19H20N4O5S2/c1-11-6-4-7-12(2)17(11)20-16(24)10-28-19(25)13(3)23-30(26,27)15-9-5-8-14-18(15)22-29-21-14/h4-9,13,23H,10H2,1-3H3,(H,20,24)/t13-/m1/s1. The Hall–Kier alpha value is -2.89. The second kappa shape index (κ2) is 8.86. The molecule has 0 aliphatic heterocycles. The van der Waals surface area contributed by atoms with Gasteiger partial charge in [-0.15, -0.1) is 0 Å². The predicted octanol–water partition coefficient (Wildman–Crippen LogP) is 2.16. The molecule has 2 N–H and O–H groups in total. The van der Waals surface area contributed by atoms with Crippen LogP contribution in [0.3, 0.4) is 0 Å². The zero-order valence-electron chi connectivity index (χ0n) is 16.5. The van der Waals surface area contributed by atoms with Gasteiger partial charge < -0.3 is 10.1 Å². The van der Waals surface area contributed by atoms with Gasteiger partial charge in [0.1, 0.15) is 22.0 Å². The summed E-state index contributed by atoms with van der Waals surface area (Å²) in [5.41, 5.74) is 3.07. The average Bonchev–Trinajstić information content (AvgIpc) is 3.17. The Morgan fingerprint density at radius 1 is 1.10 bits per heavy atom. The zero-order chi connectivity index (χ0) is 21.9. The van der Waals surface area contributed by atoms with E-state index in [1.807, 2.05) is 32.0 Å². The van der Waals surface area contributed by atoms with Crippen molar-refractivity contribution >= 4 is 50.3 Å². The summed E-state index contributed by atoms with van der Waals surface area (Å²) in [6.07, 6.45) is 0. The fraction of sp³-hybridized carbons (Fsp3) is 0.263. The molecule has 1 heterocycles. The molecule has 2 aromatic carbocycles. The van der Waals surface area contributed by atoms with E-state index in [9.17, 15) is 18.0 Å². The van der Waals surface area contributed by atoms with Crippen LogP contribution in [-0.2, 0) is 24.3 Å². The van der Waals surface area contributed by atoms with Gasteiger partial charge in [0.05, 0.1) is 11.7 Å². The van der Waals surface area contributed by atoms with Gasteiger partial charge >= 0.3 is 5.97 Å². The molecule has 11 heteroatoms. The summed E-state index contributed by atoms with van der Waals surface area (Å²) < 4.78 is 40.5. The average molecular weight is 449 g/mol. The van der Waals surface area contributed by atoms with Gasteiger partial charge in [0.2, 0.25) is 10.0 Å². The highest BCUT2D eigenvalue weighted by Crippen LogP contribution is 2.21. The van der Waals surface area contributed by atoms with E-state index >= 15 is 0 Å². The summed E-state index contributed by atoms with van der Waals surface area (Å²) in [4.78, 5) is 24.2. The SMILES string of the molecule is Cc1cccc(C)c1NC(=O)COC(=O)[C@@H](C)NS(=O)(=O)c1cccc2nsnc12. The van der Waals surface area contributed by atoms with Crippen molar-refractivity contribution < 1.29 is 22.7 Å². The lowest BCUT2D eigenvalue weighted by Crippen LogP contribution is -2.40. The Bertz CT molecular complexity index is 1190. The van der Waals surface area contributed by atoms with Crippen molar-refractivity contribution in [1.29, 1.82) is 0 Å². The van der Waals surface area contributed by atoms with Crippen LogP contribution in [-0.4, -0.2) is 41.7 Å². The van der Waals surface area contributed by atoms with E-state index in [0.29, 0.717) is 11.2 Å². The lowest BCUT2D eigenvalue weighted by Gasteiger charge is -2.15. The highest BCUT2D eigenvalue weighted by molar-refractivity contribution is 7.89. The number of carbonyl (C=O) groups is 2. The van der Waals surface area contributed by atoms with Crippen molar-refractivity contribution in [1.82, 2.24) is 13.5 Å². The molecule has 0 spiro atoms. The van der Waals surface area contributed by atoms with Crippen LogP contribution in [0.15, 0.2) is 41.3 Å². The number of nitrogens with zero attached hydrogens (tertiary/aromatic N) is 2. The highest BCUT2D eigenvalue weighted by Gasteiger charge is 2.26. The van der Waals surface area contributed by atoms with E-state index in [0.717, 1.165) is 22.9 Å². The third-order valence-electron chi connectivity index (χ3n) is 4.32. The number of anilines is 1. The van der Waals surface area contributed by atoms with Gasteiger partial charge in [-0.3, -0.25) is 9.59 Å². The summed E-state index contributed by atoms with van der Waals surface area (Å²) in [5.74, 6) is -1.40. The molecule has 0 fully saturated rings. The topological polar surface area (TPSA) is 127 Å². The van der Waals surface area contributed by atoms with Crippen LogP contribution < -0.4 is 10.0 Å². The maximum Gasteiger partial charge on any atom is 0.324 e. The summed E-state index contributed by atoms with van der Waals surface area (Å²) in [5, 5.41) is 2.70. The third kappa shape index (κ3) is 4.81. The lowest BCUT2D eigenvalue weighted by atomic mass is 10.1. The first-order valence-electron chi connectivity index (χ1n) is 8.95. The fourth-order valence-corrected chi connectivity index (χ4v) is 4.75. The Kier molecular flexibility index (Phi) is 6.44. The van der Waals surface area contributed by atoms with Crippen LogP contribution in [0.25, 0.3) is 11.0 Å². The molecule has 30 heavy (non-hydrogen) atoms. The van der Waals surface area contributed by atoms with Gasteiger partial charge in [-0.25, -0.2) is 8.42 Å². The van der Waals surface area contributed by atoms with Gasteiger partial charge in [-0.1, -0.05) is 24.3 Å². The molecule has 3 aromatic rings. The van der Waals surface area contributed by atoms with Crippen molar-refractivity contribution in [3.63, 3.8) is 0 Å². The summed E-state index contributed by atoms with van der Waals surface area (Å²) >= 11 is 0.894. The van der Waals surface area contributed by atoms with E-state index in [2.05, 4.69) is 18.8 Å². The molecule has 0 saturated heterocycles. The normalized spacial score (nSPS) is 12.5. The molecule has 0 aliphatic carbocycles. The maximum atomic E-state index is 12.7. The van der Waals surface area contributed by atoms with E-state index in [1.165, 1.54) is 13.0 Å². The van der Waals surface area contributed by atoms with Gasteiger partial charge in [0.25, 0.3) is 5.91 Å². The van der Waals surface area contributed by atoms with Crippen LogP contribution in [0.2, 0.25) is 0 Å². The molecule has 0 unspecified atom stereocenters. The zero-order valence-corrected chi connectivity index (χ0v) is 18.1. The van der Waals surface area contributed by atoms with Crippen molar-refractivity contribution in [3.8, 4) is 0 Å². The van der Waals surface area contributed by atoms with Crippen molar-refractivity contribution in [2.45, 2.75) is 31.7 Å². The Balaban J connectivity index is 1.60. The molecule has 158 valence electrons. The molecular formula is C19H20N4O5S2. The van der Waals surface area contributed by atoms with Gasteiger partial charge in [0, 0.05) is 5.69 Å². The number of carbonyl (C=O) groups excluding carboxylic acids is 2. The first-order valence-corrected chi connectivity index (χ1v) is 11.2. The van der Waals surface area contributed by atoms with Crippen LogP contribution in [0.1, 0.15) is 18.1 Å². The summed E-state index contributed by atoms with van der Waals surface area (Å²) in [6, 6.07) is 8.93. The number of hydrogen-bond donors (Lipinski definition) is 2. The molecular weight excluding hydrogens is 428 g/mol. The molecule has 9 nitrogen and oxygen atoms in total. The van der Waals surface area contributed by atoms with Gasteiger partial charge in [0.15, 0.2) is 6.61 Å². The molecule has 0 bridgehead atoms. The number of benzene rings is 2. The molecule has 3 rings (SSSR count). The van der Waals surface area contributed by atoms with E-state index in [1.54, 1.807) is 12.1 Å². The van der Waals surface area contributed by atoms with Crippen LogP contribution >= 0.6 is 11.7 Å². The number of aromatic nitrogens is 2. The second-order valence-corrected chi connectivity index (χ2v) is 8.86. The number of nitrogens with one attached hydrogen (secondary N) is 2. The first kappa shape index (κ1) is 21.8. The number of fused-ring (bicyclic) bond motifs is 1. The quantitative estimate of drug-likeness (QED) is 0.530. The predicted molar refractivity (Wildman–Crippen MR) is 113 cm³/mol. The van der Waals surface area contributed by atoms with E-state index < -0.39 is 34.5 Å². The molecule has 1 amide bonds. The largest absolute Gasteiger partial charge is 0.454 e. The number of hydrogen-bond acceptors (Lipinski definition) is 8.